The highest BCUT2D eigenvalue weighted by atomic mass is 16.2. The first-order valence-electron chi connectivity index (χ1n) is 7.87. The van der Waals surface area contributed by atoms with Gasteiger partial charge in [-0.2, -0.15) is 0 Å². The molecule has 9 heteroatoms. The summed E-state index contributed by atoms with van der Waals surface area (Å²) in [4.78, 5) is 28.6. The van der Waals surface area contributed by atoms with Gasteiger partial charge in [0.1, 0.15) is 12.4 Å². The molecule has 3 heterocycles. The van der Waals surface area contributed by atoms with E-state index < -0.39 is 0 Å². The van der Waals surface area contributed by atoms with E-state index in [4.69, 9.17) is 0 Å². The van der Waals surface area contributed by atoms with Gasteiger partial charge in [-0.25, -0.2) is 4.68 Å². The summed E-state index contributed by atoms with van der Waals surface area (Å²) in [5, 5.41) is 13.9. The zero-order valence-corrected chi connectivity index (χ0v) is 13.0. The molecule has 1 aromatic carbocycles. The van der Waals surface area contributed by atoms with Crippen molar-refractivity contribution >= 4 is 11.8 Å². The fraction of sp³-hybridized carbons (Fsp3) is 0.400. The van der Waals surface area contributed by atoms with Crippen LogP contribution >= 0.6 is 0 Å². The number of piperazine rings is 2. The number of tetrazole rings is 1. The summed E-state index contributed by atoms with van der Waals surface area (Å²) in [6.45, 7) is 3.32. The maximum Gasteiger partial charge on any atom is 0.253 e. The molecule has 0 unspecified atom stereocenters. The van der Waals surface area contributed by atoms with Crippen LogP contribution in [0, 0.1) is 0 Å². The lowest BCUT2D eigenvalue weighted by atomic mass is 10.1. The Bertz CT molecular complexity index is 744. The minimum Gasteiger partial charge on any atom is -0.353 e. The van der Waals surface area contributed by atoms with Crippen LogP contribution in [0.4, 0.5) is 0 Å². The minimum absolute atomic E-state index is 0.00720. The average molecular weight is 327 g/mol. The van der Waals surface area contributed by atoms with Crippen LogP contribution in [0.1, 0.15) is 10.4 Å². The van der Waals surface area contributed by atoms with Crippen molar-refractivity contribution in [3.05, 3.63) is 36.2 Å². The molecule has 2 saturated heterocycles. The van der Waals surface area contributed by atoms with Crippen molar-refractivity contribution in [1.29, 1.82) is 0 Å². The van der Waals surface area contributed by atoms with E-state index in [1.54, 1.807) is 29.2 Å². The molecule has 2 aliphatic heterocycles. The van der Waals surface area contributed by atoms with Gasteiger partial charge in [-0.3, -0.25) is 14.5 Å². The molecular formula is C15H17N7O2. The van der Waals surface area contributed by atoms with Crippen molar-refractivity contribution in [2.24, 2.45) is 0 Å². The van der Waals surface area contributed by atoms with Crippen molar-refractivity contribution < 1.29 is 9.59 Å². The lowest BCUT2D eigenvalue weighted by molar-refractivity contribution is -0.131. The second-order valence-corrected chi connectivity index (χ2v) is 5.90. The largest absolute Gasteiger partial charge is 0.353 e. The molecule has 124 valence electrons. The standard InChI is InChI=1S/C15H17N7O2/c23-14-13-9-21(8-7-20(13)6-5-16-14)15(24)11-1-3-12(4-2-11)22-10-17-18-19-22/h1-4,10,13H,5-9H2,(H,16,23)/t13-/m0/s1. The van der Waals surface area contributed by atoms with Crippen LogP contribution in [0.5, 0.6) is 0 Å². The van der Waals surface area contributed by atoms with E-state index in [2.05, 4.69) is 25.7 Å². The first-order valence-corrected chi connectivity index (χ1v) is 7.87. The molecule has 9 nitrogen and oxygen atoms in total. The fourth-order valence-electron chi connectivity index (χ4n) is 3.18. The molecule has 0 radical (unpaired) electrons. The molecule has 2 aliphatic rings. The fourth-order valence-corrected chi connectivity index (χ4v) is 3.18. The molecule has 1 aromatic heterocycles. The van der Waals surface area contributed by atoms with Gasteiger partial charge in [-0.15, -0.1) is 5.10 Å². The monoisotopic (exact) mass is 327 g/mol. The third-order valence-electron chi connectivity index (χ3n) is 4.51. The topological polar surface area (TPSA) is 96.2 Å². The molecule has 1 N–H and O–H groups in total. The lowest BCUT2D eigenvalue weighted by Gasteiger charge is -2.43. The maximum atomic E-state index is 12.7. The number of aromatic nitrogens is 4. The Morgan fingerprint density at radius 3 is 2.75 bits per heavy atom. The van der Waals surface area contributed by atoms with Crippen LogP contribution in [-0.2, 0) is 4.79 Å². The summed E-state index contributed by atoms with van der Waals surface area (Å²) in [6, 6.07) is 6.87. The molecule has 24 heavy (non-hydrogen) atoms. The van der Waals surface area contributed by atoms with Crippen LogP contribution in [0.3, 0.4) is 0 Å². The first kappa shape index (κ1) is 14.8. The molecule has 2 aromatic rings. The maximum absolute atomic E-state index is 12.7. The Balaban J connectivity index is 1.48. The van der Waals surface area contributed by atoms with Gasteiger partial charge >= 0.3 is 0 Å². The minimum atomic E-state index is -0.239. The van der Waals surface area contributed by atoms with Crippen molar-refractivity contribution in [3.8, 4) is 5.69 Å². The van der Waals surface area contributed by atoms with Crippen LogP contribution in [0.25, 0.3) is 5.69 Å². The number of rotatable bonds is 2. The quantitative estimate of drug-likeness (QED) is 0.754. The Morgan fingerprint density at radius 2 is 2.00 bits per heavy atom. The van der Waals surface area contributed by atoms with Crippen LogP contribution in [0.2, 0.25) is 0 Å². The molecule has 0 bridgehead atoms. The van der Waals surface area contributed by atoms with Gasteiger partial charge in [-0.1, -0.05) is 0 Å². The number of hydrogen-bond acceptors (Lipinski definition) is 6. The summed E-state index contributed by atoms with van der Waals surface area (Å²) in [5.41, 5.74) is 1.38. The zero-order valence-electron chi connectivity index (χ0n) is 13.0. The number of hydrogen-bond donors (Lipinski definition) is 1. The molecule has 0 aliphatic carbocycles. The molecule has 4 rings (SSSR count). The average Bonchev–Trinajstić information content (AvgIpc) is 3.16. The summed E-state index contributed by atoms with van der Waals surface area (Å²) in [5.74, 6) is -0.0518. The third-order valence-corrected chi connectivity index (χ3v) is 4.51. The number of carbonyl (C=O) groups excluding carboxylic acids is 2. The van der Waals surface area contributed by atoms with Crippen LogP contribution in [0.15, 0.2) is 30.6 Å². The molecule has 0 spiro atoms. The molecule has 1 atom stereocenters. The van der Waals surface area contributed by atoms with E-state index in [1.807, 2.05) is 0 Å². The van der Waals surface area contributed by atoms with E-state index in [9.17, 15) is 9.59 Å². The summed E-state index contributed by atoms with van der Waals surface area (Å²) < 4.78 is 1.53. The molecule has 2 fully saturated rings. The second-order valence-electron chi connectivity index (χ2n) is 5.90. The normalized spacial score (nSPS) is 21.2. The SMILES string of the molecule is O=C1NCCN2CCN(C(=O)c3ccc(-n4cnnn4)cc3)C[C@@H]12. The van der Waals surface area contributed by atoms with E-state index in [1.165, 1.54) is 11.0 Å². The summed E-state index contributed by atoms with van der Waals surface area (Å²) >= 11 is 0. The van der Waals surface area contributed by atoms with Gasteiger partial charge in [-0.05, 0) is 34.7 Å². The van der Waals surface area contributed by atoms with Gasteiger partial charge in [0.25, 0.3) is 5.91 Å². The lowest BCUT2D eigenvalue weighted by Crippen LogP contribution is -2.64. The predicted molar refractivity (Wildman–Crippen MR) is 83.4 cm³/mol. The first-order chi connectivity index (χ1) is 11.7. The number of nitrogens with one attached hydrogen (secondary N) is 1. The van der Waals surface area contributed by atoms with E-state index in [0.29, 0.717) is 25.2 Å². The van der Waals surface area contributed by atoms with Gasteiger partial charge in [0.15, 0.2) is 0 Å². The zero-order chi connectivity index (χ0) is 16.5. The Hall–Kier alpha value is -2.81. The smallest absolute Gasteiger partial charge is 0.253 e. The van der Waals surface area contributed by atoms with Crippen molar-refractivity contribution in [2.75, 3.05) is 32.7 Å². The molecular weight excluding hydrogens is 310 g/mol. The summed E-state index contributed by atoms with van der Waals surface area (Å²) in [6.07, 6.45) is 1.50. The number of amides is 2. The number of carbonyl (C=O) groups is 2. The van der Waals surface area contributed by atoms with E-state index >= 15 is 0 Å². The summed E-state index contributed by atoms with van der Waals surface area (Å²) in [7, 11) is 0. The van der Waals surface area contributed by atoms with Gasteiger partial charge in [0.05, 0.1) is 5.69 Å². The highest BCUT2D eigenvalue weighted by molar-refractivity contribution is 5.95. The number of benzene rings is 1. The van der Waals surface area contributed by atoms with Crippen LogP contribution < -0.4 is 5.32 Å². The Morgan fingerprint density at radius 1 is 1.17 bits per heavy atom. The van der Waals surface area contributed by atoms with Gasteiger partial charge in [0, 0.05) is 38.3 Å². The van der Waals surface area contributed by atoms with Crippen molar-refractivity contribution in [2.45, 2.75) is 6.04 Å². The molecule has 0 saturated carbocycles. The second kappa shape index (κ2) is 6.00. The number of fused-ring (bicyclic) bond motifs is 1. The number of nitrogens with zero attached hydrogens (tertiary/aromatic N) is 6. The highest BCUT2D eigenvalue weighted by Crippen LogP contribution is 2.16. The van der Waals surface area contributed by atoms with Gasteiger partial charge in [0.2, 0.25) is 5.91 Å². The third kappa shape index (κ3) is 2.62. The Kier molecular flexibility index (Phi) is 3.69. The highest BCUT2D eigenvalue weighted by Gasteiger charge is 2.36. The van der Waals surface area contributed by atoms with E-state index in [-0.39, 0.29) is 17.9 Å². The Labute approximate surface area is 138 Å². The van der Waals surface area contributed by atoms with E-state index in [0.717, 1.165) is 18.8 Å². The van der Waals surface area contributed by atoms with Crippen LogP contribution in [-0.4, -0.2) is 80.6 Å². The molecule has 2 amide bonds. The van der Waals surface area contributed by atoms with Crippen molar-refractivity contribution in [1.82, 2.24) is 35.3 Å². The van der Waals surface area contributed by atoms with Crippen molar-refractivity contribution in [3.63, 3.8) is 0 Å². The van der Waals surface area contributed by atoms with Gasteiger partial charge < -0.3 is 10.2 Å². The predicted octanol–water partition coefficient (Wildman–Crippen LogP) is -1.08.